The van der Waals surface area contributed by atoms with Gasteiger partial charge in [-0.15, -0.1) is 0 Å². The lowest BCUT2D eigenvalue weighted by Gasteiger charge is -2.32. The highest BCUT2D eigenvalue weighted by Crippen LogP contribution is 2.40. The molecule has 3 aromatic rings. The SMILES string of the molecule is COc1cccc([C@H]2C[C@@H](c3ccccc3OC)n3ncnc3N2)c1. The van der Waals surface area contributed by atoms with Crippen LogP contribution >= 0.6 is 0 Å². The Morgan fingerprint density at radius 2 is 1.96 bits per heavy atom. The number of benzene rings is 2. The van der Waals surface area contributed by atoms with Gasteiger partial charge >= 0.3 is 0 Å². The van der Waals surface area contributed by atoms with Crippen LogP contribution in [0, 0.1) is 0 Å². The number of methoxy groups -OCH3 is 2. The molecule has 2 aromatic carbocycles. The van der Waals surface area contributed by atoms with Crippen molar-refractivity contribution >= 4 is 5.95 Å². The van der Waals surface area contributed by atoms with E-state index < -0.39 is 0 Å². The first kappa shape index (κ1) is 15.5. The van der Waals surface area contributed by atoms with Crippen LogP contribution < -0.4 is 14.8 Å². The summed E-state index contributed by atoms with van der Waals surface area (Å²) in [5.41, 5.74) is 2.26. The summed E-state index contributed by atoms with van der Waals surface area (Å²) < 4.78 is 12.9. The Labute approximate surface area is 146 Å². The molecule has 1 N–H and O–H groups in total. The number of para-hydroxylation sites is 1. The monoisotopic (exact) mass is 336 g/mol. The molecule has 0 radical (unpaired) electrons. The molecule has 2 heterocycles. The summed E-state index contributed by atoms with van der Waals surface area (Å²) in [6.07, 6.45) is 2.42. The van der Waals surface area contributed by atoms with Crippen LogP contribution in [0.1, 0.15) is 29.6 Å². The van der Waals surface area contributed by atoms with E-state index in [0.29, 0.717) is 0 Å². The lowest BCUT2D eigenvalue weighted by atomic mass is 9.93. The van der Waals surface area contributed by atoms with E-state index in [1.54, 1.807) is 20.5 Å². The van der Waals surface area contributed by atoms with Gasteiger partial charge in [-0.25, -0.2) is 4.68 Å². The van der Waals surface area contributed by atoms with Crippen LogP contribution in [0.15, 0.2) is 54.9 Å². The summed E-state index contributed by atoms with van der Waals surface area (Å²) in [5, 5.41) is 7.89. The van der Waals surface area contributed by atoms with Gasteiger partial charge in [0.1, 0.15) is 17.8 Å². The number of nitrogens with one attached hydrogen (secondary N) is 1. The number of nitrogens with zero attached hydrogens (tertiary/aromatic N) is 3. The van der Waals surface area contributed by atoms with E-state index >= 15 is 0 Å². The first-order chi connectivity index (χ1) is 12.3. The molecule has 1 aliphatic rings. The van der Waals surface area contributed by atoms with Gasteiger partial charge in [0, 0.05) is 5.56 Å². The summed E-state index contributed by atoms with van der Waals surface area (Å²) in [4.78, 5) is 4.38. The zero-order chi connectivity index (χ0) is 17.2. The third kappa shape index (κ3) is 2.80. The molecule has 4 rings (SSSR count). The van der Waals surface area contributed by atoms with Crippen LogP contribution in [-0.4, -0.2) is 29.0 Å². The highest BCUT2D eigenvalue weighted by Gasteiger charge is 2.31. The number of hydrogen-bond donors (Lipinski definition) is 1. The Morgan fingerprint density at radius 3 is 2.80 bits per heavy atom. The van der Waals surface area contributed by atoms with Gasteiger partial charge in [0.25, 0.3) is 0 Å². The number of fused-ring (bicyclic) bond motifs is 1. The van der Waals surface area contributed by atoms with Crippen molar-refractivity contribution in [1.29, 1.82) is 0 Å². The molecule has 0 aliphatic carbocycles. The van der Waals surface area contributed by atoms with Gasteiger partial charge in [-0.05, 0) is 30.2 Å². The number of aromatic nitrogens is 3. The number of hydrogen-bond acceptors (Lipinski definition) is 5. The lowest BCUT2D eigenvalue weighted by molar-refractivity contribution is 0.379. The quantitative estimate of drug-likeness (QED) is 0.791. The van der Waals surface area contributed by atoms with Gasteiger partial charge in [0.2, 0.25) is 5.95 Å². The Morgan fingerprint density at radius 1 is 1.08 bits per heavy atom. The topological polar surface area (TPSA) is 61.2 Å². The normalized spacial score (nSPS) is 19.0. The second-order valence-corrected chi connectivity index (χ2v) is 6.00. The lowest BCUT2D eigenvalue weighted by Crippen LogP contribution is -2.28. The fraction of sp³-hybridized carbons (Fsp3) is 0.263. The van der Waals surface area contributed by atoms with Crippen LogP contribution in [0.2, 0.25) is 0 Å². The predicted molar refractivity (Wildman–Crippen MR) is 95.1 cm³/mol. The summed E-state index contributed by atoms with van der Waals surface area (Å²) in [5.74, 6) is 2.47. The minimum atomic E-state index is 0.0473. The molecule has 6 nitrogen and oxygen atoms in total. The van der Waals surface area contributed by atoms with Crippen molar-refractivity contribution in [3.63, 3.8) is 0 Å². The maximum absolute atomic E-state index is 5.57. The minimum absolute atomic E-state index is 0.0473. The van der Waals surface area contributed by atoms with Crippen molar-refractivity contribution in [2.45, 2.75) is 18.5 Å². The Balaban J connectivity index is 1.75. The molecule has 1 aromatic heterocycles. The fourth-order valence-electron chi connectivity index (χ4n) is 3.40. The average molecular weight is 336 g/mol. The number of ether oxygens (including phenoxy) is 2. The molecule has 0 amide bonds. The summed E-state index contributed by atoms with van der Waals surface area (Å²) in [6.45, 7) is 0. The first-order valence-electron chi connectivity index (χ1n) is 8.23. The molecular weight excluding hydrogens is 316 g/mol. The molecule has 0 saturated carbocycles. The van der Waals surface area contributed by atoms with E-state index in [1.165, 1.54) is 0 Å². The van der Waals surface area contributed by atoms with E-state index in [4.69, 9.17) is 9.47 Å². The van der Waals surface area contributed by atoms with Crippen molar-refractivity contribution in [2.24, 2.45) is 0 Å². The molecule has 2 atom stereocenters. The zero-order valence-electron chi connectivity index (χ0n) is 14.2. The first-order valence-corrected chi connectivity index (χ1v) is 8.23. The van der Waals surface area contributed by atoms with E-state index in [9.17, 15) is 0 Å². The van der Waals surface area contributed by atoms with Gasteiger partial charge in [0.05, 0.1) is 26.3 Å². The van der Waals surface area contributed by atoms with E-state index in [1.807, 2.05) is 35.0 Å². The summed E-state index contributed by atoms with van der Waals surface area (Å²) >= 11 is 0. The van der Waals surface area contributed by atoms with Crippen LogP contribution in [-0.2, 0) is 0 Å². The Bertz CT molecular complexity index is 877. The minimum Gasteiger partial charge on any atom is -0.497 e. The van der Waals surface area contributed by atoms with Crippen molar-refractivity contribution in [3.05, 3.63) is 66.0 Å². The van der Waals surface area contributed by atoms with Gasteiger partial charge < -0.3 is 14.8 Å². The fourth-order valence-corrected chi connectivity index (χ4v) is 3.40. The van der Waals surface area contributed by atoms with Crippen LogP contribution in [0.3, 0.4) is 0 Å². The highest BCUT2D eigenvalue weighted by molar-refractivity contribution is 5.43. The Hall–Kier alpha value is -3.02. The van der Waals surface area contributed by atoms with Crippen molar-refractivity contribution in [1.82, 2.24) is 14.8 Å². The standard InChI is InChI=1S/C19H20N4O2/c1-24-14-7-5-6-13(10-14)16-11-17(23-19(22-16)20-12-21-23)15-8-3-4-9-18(15)25-2/h3-10,12,16-17H,11H2,1-2H3,(H,20,21,22)/t16-,17+/m1/s1. The average Bonchev–Trinajstić information content (AvgIpc) is 3.16. The van der Waals surface area contributed by atoms with Crippen molar-refractivity contribution < 1.29 is 9.47 Å². The van der Waals surface area contributed by atoms with Gasteiger partial charge in [-0.2, -0.15) is 10.1 Å². The number of rotatable bonds is 4. The maximum Gasteiger partial charge on any atom is 0.222 e. The highest BCUT2D eigenvalue weighted by atomic mass is 16.5. The second kappa shape index (κ2) is 6.47. The van der Waals surface area contributed by atoms with E-state index in [2.05, 4.69) is 33.6 Å². The van der Waals surface area contributed by atoms with Crippen LogP contribution in [0.5, 0.6) is 11.5 Å². The molecule has 0 unspecified atom stereocenters. The molecule has 1 aliphatic heterocycles. The molecule has 6 heteroatoms. The molecular formula is C19H20N4O2. The molecule has 0 bridgehead atoms. The number of anilines is 1. The van der Waals surface area contributed by atoms with Gasteiger partial charge in [0.15, 0.2) is 0 Å². The molecule has 25 heavy (non-hydrogen) atoms. The van der Waals surface area contributed by atoms with Crippen molar-refractivity contribution in [2.75, 3.05) is 19.5 Å². The summed E-state index contributed by atoms with van der Waals surface area (Å²) in [6, 6.07) is 16.3. The molecule has 128 valence electrons. The maximum atomic E-state index is 5.57. The van der Waals surface area contributed by atoms with E-state index in [0.717, 1.165) is 35.0 Å². The van der Waals surface area contributed by atoms with Gasteiger partial charge in [-0.3, -0.25) is 0 Å². The third-order valence-corrected chi connectivity index (χ3v) is 4.62. The van der Waals surface area contributed by atoms with E-state index in [-0.39, 0.29) is 12.1 Å². The van der Waals surface area contributed by atoms with Crippen molar-refractivity contribution in [3.8, 4) is 11.5 Å². The summed E-state index contributed by atoms with van der Waals surface area (Å²) in [7, 11) is 3.38. The second-order valence-electron chi connectivity index (χ2n) is 6.00. The smallest absolute Gasteiger partial charge is 0.222 e. The third-order valence-electron chi connectivity index (χ3n) is 4.62. The molecule has 0 saturated heterocycles. The largest absolute Gasteiger partial charge is 0.497 e. The van der Waals surface area contributed by atoms with Gasteiger partial charge in [-0.1, -0.05) is 30.3 Å². The molecule has 0 fully saturated rings. The molecule has 0 spiro atoms. The zero-order valence-corrected chi connectivity index (χ0v) is 14.2. The van der Waals surface area contributed by atoms with Crippen LogP contribution in [0.25, 0.3) is 0 Å². The Kier molecular flexibility index (Phi) is 4.01. The van der Waals surface area contributed by atoms with Crippen LogP contribution in [0.4, 0.5) is 5.95 Å². The predicted octanol–water partition coefficient (Wildman–Crippen LogP) is 3.44.